The van der Waals surface area contributed by atoms with Crippen LogP contribution in [-0.4, -0.2) is 30.4 Å². The van der Waals surface area contributed by atoms with Crippen LogP contribution < -0.4 is 4.74 Å². The fourth-order valence-corrected chi connectivity index (χ4v) is 2.42. The van der Waals surface area contributed by atoms with Crippen molar-refractivity contribution in [1.82, 2.24) is 0 Å². The van der Waals surface area contributed by atoms with Gasteiger partial charge in [0.05, 0.1) is 32.0 Å². The molecule has 0 heterocycles. The van der Waals surface area contributed by atoms with E-state index in [-0.39, 0.29) is 11.7 Å². The Labute approximate surface area is 129 Å². The lowest BCUT2D eigenvalue weighted by molar-refractivity contribution is -0.0480. The smallest absolute Gasteiger partial charge is 0.124 e. The van der Waals surface area contributed by atoms with Crippen LogP contribution >= 0.6 is 22.6 Å². The molecule has 3 nitrogen and oxygen atoms in total. The van der Waals surface area contributed by atoms with E-state index in [1.54, 1.807) is 7.11 Å². The monoisotopic (exact) mass is 378 g/mol. The normalized spacial score (nSPS) is 13.3. The third-order valence-corrected chi connectivity index (χ3v) is 3.36. The van der Waals surface area contributed by atoms with E-state index < -0.39 is 0 Å². The highest BCUT2D eigenvalue weighted by molar-refractivity contribution is 14.1. The quantitative estimate of drug-likeness (QED) is 0.408. The van der Waals surface area contributed by atoms with Crippen LogP contribution in [0.2, 0.25) is 0 Å². The molecule has 0 aliphatic carbocycles. The third-order valence-electron chi connectivity index (χ3n) is 2.56. The first kappa shape index (κ1) is 16.7. The first-order valence-corrected chi connectivity index (χ1v) is 7.95. The topological polar surface area (TPSA) is 27.7 Å². The van der Waals surface area contributed by atoms with Crippen molar-refractivity contribution < 1.29 is 14.2 Å². The lowest BCUT2D eigenvalue weighted by Crippen LogP contribution is -2.22. The van der Waals surface area contributed by atoms with Gasteiger partial charge in [0.2, 0.25) is 0 Å². The molecule has 1 rings (SSSR count). The SMILES string of the molecule is COc1ccccc1C(CI)OCCOC(C)(C)C. The Morgan fingerprint density at radius 3 is 2.42 bits per heavy atom. The summed E-state index contributed by atoms with van der Waals surface area (Å²) in [5, 5.41) is 0. The molecule has 0 aromatic heterocycles. The van der Waals surface area contributed by atoms with Gasteiger partial charge >= 0.3 is 0 Å². The highest BCUT2D eigenvalue weighted by atomic mass is 127. The number of methoxy groups -OCH3 is 1. The molecule has 0 bridgehead atoms. The predicted molar refractivity (Wildman–Crippen MR) is 86.3 cm³/mol. The van der Waals surface area contributed by atoms with Crippen LogP contribution in [0.15, 0.2) is 24.3 Å². The van der Waals surface area contributed by atoms with Crippen LogP contribution in [-0.2, 0) is 9.47 Å². The maximum atomic E-state index is 5.90. The lowest BCUT2D eigenvalue weighted by Gasteiger charge is -2.22. The van der Waals surface area contributed by atoms with Crippen molar-refractivity contribution in [3.63, 3.8) is 0 Å². The molecule has 4 heteroatoms. The van der Waals surface area contributed by atoms with Crippen molar-refractivity contribution in [1.29, 1.82) is 0 Å². The second kappa shape index (κ2) is 8.07. The number of para-hydroxylation sites is 1. The number of benzene rings is 1. The Kier molecular flexibility index (Phi) is 7.10. The van der Waals surface area contributed by atoms with Gasteiger partial charge in [0.1, 0.15) is 5.75 Å². The van der Waals surface area contributed by atoms with Crippen LogP contribution in [0.5, 0.6) is 5.75 Å². The molecular formula is C15H23IO3. The van der Waals surface area contributed by atoms with Gasteiger partial charge in [-0.2, -0.15) is 0 Å². The summed E-state index contributed by atoms with van der Waals surface area (Å²) in [6.07, 6.45) is 0.0420. The molecule has 1 aromatic rings. The molecule has 1 unspecified atom stereocenters. The van der Waals surface area contributed by atoms with Crippen molar-refractivity contribution in [3.8, 4) is 5.75 Å². The second-order valence-corrected chi connectivity index (χ2v) is 6.10. The van der Waals surface area contributed by atoms with Crippen molar-refractivity contribution >= 4 is 22.6 Å². The Morgan fingerprint density at radius 1 is 1.16 bits per heavy atom. The predicted octanol–water partition coefficient (Wildman–Crippen LogP) is 4.00. The molecule has 0 saturated carbocycles. The van der Waals surface area contributed by atoms with Gasteiger partial charge in [0, 0.05) is 9.99 Å². The van der Waals surface area contributed by atoms with E-state index in [4.69, 9.17) is 14.2 Å². The summed E-state index contributed by atoms with van der Waals surface area (Å²) in [7, 11) is 1.69. The largest absolute Gasteiger partial charge is 0.496 e. The van der Waals surface area contributed by atoms with Gasteiger partial charge in [-0.15, -0.1) is 0 Å². The minimum atomic E-state index is -0.117. The molecule has 108 valence electrons. The maximum Gasteiger partial charge on any atom is 0.124 e. The van der Waals surface area contributed by atoms with Crippen LogP contribution in [0.1, 0.15) is 32.4 Å². The molecule has 0 aliphatic heterocycles. The van der Waals surface area contributed by atoms with Gasteiger partial charge in [0.15, 0.2) is 0 Å². The average Bonchev–Trinajstić information content (AvgIpc) is 2.38. The highest BCUT2D eigenvalue weighted by Gasteiger charge is 2.16. The van der Waals surface area contributed by atoms with Gasteiger partial charge < -0.3 is 14.2 Å². The van der Waals surface area contributed by atoms with Gasteiger partial charge in [-0.25, -0.2) is 0 Å². The molecular weight excluding hydrogens is 355 g/mol. The summed E-state index contributed by atoms with van der Waals surface area (Å²) in [4.78, 5) is 0. The molecule has 0 fully saturated rings. The molecule has 0 saturated heterocycles. The number of ether oxygens (including phenoxy) is 3. The van der Waals surface area contributed by atoms with Crippen molar-refractivity contribution in [2.75, 3.05) is 24.8 Å². The molecule has 0 aliphatic rings. The van der Waals surface area contributed by atoms with E-state index in [1.165, 1.54) is 0 Å². The highest BCUT2D eigenvalue weighted by Crippen LogP contribution is 2.28. The van der Waals surface area contributed by atoms with Gasteiger partial charge in [0.25, 0.3) is 0 Å². The Hall–Kier alpha value is -0.330. The third kappa shape index (κ3) is 6.10. The van der Waals surface area contributed by atoms with E-state index in [0.717, 1.165) is 15.7 Å². The molecule has 0 N–H and O–H groups in total. The molecule has 0 amide bonds. The molecule has 0 spiro atoms. The Balaban J connectivity index is 2.54. The van der Waals surface area contributed by atoms with Gasteiger partial charge in [-0.05, 0) is 26.8 Å². The van der Waals surface area contributed by atoms with E-state index >= 15 is 0 Å². The van der Waals surface area contributed by atoms with Gasteiger partial charge in [-0.1, -0.05) is 40.8 Å². The zero-order chi connectivity index (χ0) is 14.3. The molecule has 0 radical (unpaired) electrons. The van der Waals surface area contributed by atoms with E-state index in [9.17, 15) is 0 Å². The van der Waals surface area contributed by atoms with Crippen molar-refractivity contribution in [2.45, 2.75) is 32.5 Å². The standard InChI is InChI=1S/C15H23IO3/c1-15(2,3)19-10-9-18-14(11-16)12-7-5-6-8-13(12)17-4/h5-8,14H,9-11H2,1-4H3. The zero-order valence-corrected chi connectivity index (χ0v) is 14.3. The maximum absolute atomic E-state index is 5.90. The van der Waals surface area contributed by atoms with Crippen molar-refractivity contribution in [2.24, 2.45) is 0 Å². The molecule has 1 aromatic carbocycles. The minimum absolute atomic E-state index is 0.0420. The van der Waals surface area contributed by atoms with Crippen LogP contribution in [0, 0.1) is 0 Å². The zero-order valence-electron chi connectivity index (χ0n) is 12.1. The van der Waals surface area contributed by atoms with Crippen LogP contribution in [0.3, 0.4) is 0 Å². The number of alkyl halides is 1. The average molecular weight is 378 g/mol. The van der Waals surface area contributed by atoms with E-state index in [0.29, 0.717) is 13.2 Å². The Bertz CT molecular complexity index is 374. The number of hydrogen-bond acceptors (Lipinski definition) is 3. The summed E-state index contributed by atoms with van der Waals surface area (Å²) < 4.78 is 17.8. The van der Waals surface area contributed by atoms with Crippen LogP contribution in [0.25, 0.3) is 0 Å². The number of halogens is 1. The fraction of sp³-hybridized carbons (Fsp3) is 0.600. The van der Waals surface area contributed by atoms with E-state index in [2.05, 4.69) is 22.6 Å². The summed E-state index contributed by atoms with van der Waals surface area (Å²) in [6, 6.07) is 7.98. The summed E-state index contributed by atoms with van der Waals surface area (Å²) in [5.41, 5.74) is 0.975. The second-order valence-electron chi connectivity index (χ2n) is 5.22. The van der Waals surface area contributed by atoms with E-state index in [1.807, 2.05) is 45.0 Å². The fourth-order valence-electron chi connectivity index (χ4n) is 1.69. The van der Waals surface area contributed by atoms with Crippen molar-refractivity contribution in [3.05, 3.63) is 29.8 Å². The van der Waals surface area contributed by atoms with Gasteiger partial charge in [-0.3, -0.25) is 0 Å². The minimum Gasteiger partial charge on any atom is -0.496 e. The summed E-state index contributed by atoms with van der Waals surface area (Å²) in [6.45, 7) is 7.32. The Morgan fingerprint density at radius 2 is 1.84 bits per heavy atom. The lowest BCUT2D eigenvalue weighted by atomic mass is 10.1. The molecule has 1 atom stereocenters. The number of hydrogen-bond donors (Lipinski definition) is 0. The first-order valence-electron chi connectivity index (χ1n) is 6.42. The summed E-state index contributed by atoms with van der Waals surface area (Å²) >= 11 is 2.33. The first-order chi connectivity index (χ1) is 8.98. The number of rotatable bonds is 7. The molecule has 19 heavy (non-hydrogen) atoms. The van der Waals surface area contributed by atoms with Crippen LogP contribution in [0.4, 0.5) is 0 Å². The summed E-state index contributed by atoms with van der Waals surface area (Å²) in [5.74, 6) is 0.876.